The van der Waals surface area contributed by atoms with E-state index in [1.165, 1.54) is 0 Å². The summed E-state index contributed by atoms with van der Waals surface area (Å²) < 4.78 is 0. The molecule has 0 bridgehead atoms. The van der Waals surface area contributed by atoms with Crippen molar-refractivity contribution in [1.82, 2.24) is 15.1 Å². The van der Waals surface area contributed by atoms with Gasteiger partial charge in [0.15, 0.2) is 0 Å². The Morgan fingerprint density at radius 1 is 1.19 bits per heavy atom. The molecule has 21 heavy (non-hydrogen) atoms. The maximum atomic E-state index is 12.3. The van der Waals surface area contributed by atoms with Gasteiger partial charge in [-0.25, -0.2) is 0 Å². The monoisotopic (exact) mass is 289 g/mol. The van der Waals surface area contributed by atoms with Crippen LogP contribution >= 0.6 is 0 Å². The van der Waals surface area contributed by atoms with Crippen molar-refractivity contribution in [1.29, 1.82) is 0 Å². The van der Waals surface area contributed by atoms with Crippen LogP contribution in [-0.2, 0) is 4.79 Å². The van der Waals surface area contributed by atoms with Crippen molar-refractivity contribution in [2.45, 2.75) is 13.0 Å². The molecule has 1 N–H and O–H groups in total. The molecular weight excluding hydrogens is 270 g/mol. The Labute approximate surface area is 123 Å². The topological polar surface area (TPSA) is 69.7 Å². The fourth-order valence-electron chi connectivity index (χ4n) is 2.23. The molecule has 6 heteroatoms. The van der Waals surface area contributed by atoms with Crippen LogP contribution in [0.25, 0.3) is 0 Å². The van der Waals surface area contributed by atoms with E-state index in [4.69, 9.17) is 0 Å². The summed E-state index contributed by atoms with van der Waals surface area (Å²) in [5.74, 6) is -1.15. The van der Waals surface area contributed by atoms with Gasteiger partial charge in [0.1, 0.15) is 6.04 Å². The van der Waals surface area contributed by atoms with E-state index in [0.717, 1.165) is 4.90 Å². The molecule has 0 aromatic heterocycles. The number of hydrogen-bond acceptors (Lipinski definition) is 4. The largest absolute Gasteiger partial charge is 0.353 e. The second-order valence-corrected chi connectivity index (χ2v) is 5.30. The Morgan fingerprint density at radius 2 is 1.71 bits per heavy atom. The van der Waals surface area contributed by atoms with E-state index in [0.29, 0.717) is 24.2 Å². The first-order valence-corrected chi connectivity index (χ1v) is 6.83. The maximum absolute atomic E-state index is 12.3. The molecule has 0 aliphatic carbocycles. The third-order valence-electron chi connectivity index (χ3n) is 3.45. The zero-order chi connectivity index (χ0) is 15.6. The van der Waals surface area contributed by atoms with Crippen LogP contribution in [-0.4, -0.2) is 60.7 Å². The van der Waals surface area contributed by atoms with Gasteiger partial charge in [-0.1, -0.05) is 12.1 Å². The molecule has 0 saturated heterocycles. The molecule has 1 aliphatic rings. The van der Waals surface area contributed by atoms with Gasteiger partial charge in [-0.2, -0.15) is 0 Å². The van der Waals surface area contributed by atoms with Crippen LogP contribution < -0.4 is 5.32 Å². The highest BCUT2D eigenvalue weighted by molar-refractivity contribution is 6.22. The number of benzene rings is 1. The van der Waals surface area contributed by atoms with Crippen LogP contribution in [0.1, 0.15) is 27.6 Å². The zero-order valence-corrected chi connectivity index (χ0v) is 12.4. The number of fused-ring (bicyclic) bond motifs is 1. The van der Waals surface area contributed by atoms with Gasteiger partial charge >= 0.3 is 0 Å². The number of likely N-dealkylation sites (N-methyl/N-ethyl adjacent to an activating group) is 1. The predicted molar refractivity (Wildman–Crippen MR) is 78.0 cm³/mol. The molecule has 0 radical (unpaired) electrons. The third-order valence-corrected chi connectivity index (χ3v) is 3.45. The summed E-state index contributed by atoms with van der Waals surface area (Å²) >= 11 is 0. The van der Waals surface area contributed by atoms with E-state index in [1.807, 2.05) is 19.0 Å². The van der Waals surface area contributed by atoms with E-state index in [1.54, 1.807) is 31.2 Å². The van der Waals surface area contributed by atoms with Crippen molar-refractivity contribution < 1.29 is 14.4 Å². The SMILES string of the molecule is C[C@@H](C(=O)NCCN(C)C)N1C(=O)c2ccccc2C1=O. The predicted octanol–water partition coefficient (Wildman–Crippen LogP) is 0.349. The average molecular weight is 289 g/mol. The van der Waals surface area contributed by atoms with Gasteiger partial charge in [-0.3, -0.25) is 19.3 Å². The van der Waals surface area contributed by atoms with Crippen molar-refractivity contribution in [3.63, 3.8) is 0 Å². The molecular formula is C15H19N3O3. The van der Waals surface area contributed by atoms with Gasteiger partial charge in [0.2, 0.25) is 5.91 Å². The normalized spacial score (nSPS) is 15.3. The number of nitrogens with zero attached hydrogens (tertiary/aromatic N) is 2. The summed E-state index contributed by atoms with van der Waals surface area (Å²) in [6.07, 6.45) is 0. The molecule has 6 nitrogen and oxygen atoms in total. The van der Waals surface area contributed by atoms with E-state index in [-0.39, 0.29) is 5.91 Å². The molecule has 2 rings (SSSR count). The Kier molecular flexibility index (Phi) is 4.37. The summed E-state index contributed by atoms with van der Waals surface area (Å²) in [5, 5.41) is 2.73. The van der Waals surface area contributed by atoms with Gasteiger partial charge < -0.3 is 10.2 Å². The Morgan fingerprint density at radius 3 is 2.19 bits per heavy atom. The molecule has 1 aromatic carbocycles. The molecule has 0 saturated carbocycles. The first kappa shape index (κ1) is 15.2. The molecule has 1 aromatic rings. The molecule has 0 spiro atoms. The fourth-order valence-corrected chi connectivity index (χ4v) is 2.23. The highest BCUT2D eigenvalue weighted by Crippen LogP contribution is 2.24. The second kappa shape index (κ2) is 6.05. The molecule has 112 valence electrons. The van der Waals surface area contributed by atoms with Crippen molar-refractivity contribution in [2.24, 2.45) is 0 Å². The first-order valence-electron chi connectivity index (χ1n) is 6.83. The van der Waals surface area contributed by atoms with Crippen LogP contribution in [0.3, 0.4) is 0 Å². The standard InChI is InChI=1S/C15H19N3O3/c1-10(13(19)16-8-9-17(2)3)18-14(20)11-6-4-5-7-12(11)15(18)21/h4-7,10H,8-9H2,1-3H3,(H,16,19)/t10-/m0/s1. The van der Waals surface area contributed by atoms with E-state index in [2.05, 4.69) is 5.32 Å². The lowest BCUT2D eigenvalue weighted by molar-refractivity contribution is -0.124. The van der Waals surface area contributed by atoms with Crippen molar-refractivity contribution in [3.05, 3.63) is 35.4 Å². The third kappa shape index (κ3) is 2.95. The Hall–Kier alpha value is -2.21. The molecule has 0 unspecified atom stereocenters. The van der Waals surface area contributed by atoms with Gasteiger partial charge in [-0.05, 0) is 33.2 Å². The minimum Gasteiger partial charge on any atom is -0.353 e. The number of imide groups is 1. The smallest absolute Gasteiger partial charge is 0.262 e. The highest BCUT2D eigenvalue weighted by Gasteiger charge is 2.40. The zero-order valence-electron chi connectivity index (χ0n) is 12.4. The number of nitrogens with one attached hydrogen (secondary N) is 1. The van der Waals surface area contributed by atoms with Crippen molar-refractivity contribution in [2.75, 3.05) is 27.2 Å². The highest BCUT2D eigenvalue weighted by atomic mass is 16.2. The van der Waals surface area contributed by atoms with Gasteiger partial charge in [-0.15, -0.1) is 0 Å². The van der Waals surface area contributed by atoms with E-state index in [9.17, 15) is 14.4 Å². The lowest BCUT2D eigenvalue weighted by atomic mass is 10.1. The van der Waals surface area contributed by atoms with Crippen molar-refractivity contribution >= 4 is 17.7 Å². The summed E-state index contributed by atoms with van der Waals surface area (Å²) in [6, 6.07) is 5.79. The number of rotatable bonds is 5. The maximum Gasteiger partial charge on any atom is 0.262 e. The van der Waals surface area contributed by atoms with Gasteiger partial charge in [0.05, 0.1) is 11.1 Å². The molecule has 0 fully saturated rings. The summed E-state index contributed by atoms with van der Waals surface area (Å²) in [7, 11) is 3.81. The van der Waals surface area contributed by atoms with Crippen LogP contribution in [0.5, 0.6) is 0 Å². The van der Waals surface area contributed by atoms with Crippen LogP contribution in [0.4, 0.5) is 0 Å². The Bertz CT molecular complexity index is 548. The average Bonchev–Trinajstić information content (AvgIpc) is 2.70. The molecule has 3 amide bonds. The molecule has 1 atom stereocenters. The summed E-state index contributed by atoms with van der Waals surface area (Å²) in [6.45, 7) is 2.73. The number of amides is 3. The number of carbonyl (C=O) groups excluding carboxylic acids is 3. The first-order chi connectivity index (χ1) is 9.93. The van der Waals surface area contributed by atoms with Crippen molar-refractivity contribution in [3.8, 4) is 0 Å². The van der Waals surface area contributed by atoms with E-state index < -0.39 is 17.9 Å². The molecule has 1 aliphatic heterocycles. The quantitative estimate of drug-likeness (QED) is 0.794. The van der Waals surface area contributed by atoms with Crippen LogP contribution in [0.2, 0.25) is 0 Å². The van der Waals surface area contributed by atoms with Crippen LogP contribution in [0, 0.1) is 0 Å². The van der Waals surface area contributed by atoms with E-state index >= 15 is 0 Å². The van der Waals surface area contributed by atoms with Gasteiger partial charge in [0, 0.05) is 13.1 Å². The summed E-state index contributed by atoms with van der Waals surface area (Å²) in [5.41, 5.74) is 0.714. The van der Waals surface area contributed by atoms with Gasteiger partial charge in [0.25, 0.3) is 11.8 Å². The summed E-state index contributed by atoms with van der Waals surface area (Å²) in [4.78, 5) is 39.5. The number of carbonyl (C=O) groups is 3. The minimum atomic E-state index is -0.820. The fraction of sp³-hybridized carbons (Fsp3) is 0.400. The minimum absolute atomic E-state index is 0.327. The lowest BCUT2D eigenvalue weighted by Gasteiger charge is -2.22. The lowest BCUT2D eigenvalue weighted by Crippen LogP contribution is -2.48. The van der Waals surface area contributed by atoms with Crippen LogP contribution in [0.15, 0.2) is 24.3 Å². The Balaban J connectivity index is 2.07. The second-order valence-electron chi connectivity index (χ2n) is 5.30. The number of hydrogen-bond donors (Lipinski definition) is 1. The molecule has 1 heterocycles.